The Morgan fingerprint density at radius 1 is 1.47 bits per heavy atom. The maximum atomic E-state index is 9.42. The molecule has 0 saturated heterocycles. The molecule has 2 aromatic rings. The Bertz CT molecular complexity index is 452. The molecule has 1 unspecified atom stereocenters. The average Bonchev–Trinajstić information content (AvgIpc) is 2.69. The van der Waals surface area contributed by atoms with E-state index in [2.05, 4.69) is 5.10 Å². The monoisotopic (exact) mass is 222 g/mol. The molecule has 0 aliphatic carbocycles. The van der Waals surface area contributed by atoms with Crippen LogP contribution in [0.15, 0.2) is 36.7 Å². The van der Waals surface area contributed by atoms with Crippen LogP contribution in [0.4, 0.5) is 0 Å². The van der Waals surface area contributed by atoms with Gasteiger partial charge in [0.1, 0.15) is 0 Å². The van der Waals surface area contributed by atoms with Gasteiger partial charge in [0.05, 0.1) is 11.8 Å². The molecule has 1 aromatic carbocycles. The Kier molecular flexibility index (Phi) is 2.75. The number of rotatable bonds is 2. The summed E-state index contributed by atoms with van der Waals surface area (Å²) in [6.45, 7) is 1.69. The number of aromatic nitrogens is 2. The summed E-state index contributed by atoms with van der Waals surface area (Å²) >= 11 is 6.04. The predicted molar refractivity (Wildman–Crippen MR) is 59.2 cm³/mol. The van der Waals surface area contributed by atoms with Crippen molar-refractivity contribution in [3.8, 4) is 5.69 Å². The van der Waals surface area contributed by atoms with Crippen molar-refractivity contribution in [2.24, 2.45) is 0 Å². The first kappa shape index (κ1) is 10.2. The molecule has 4 heteroatoms. The lowest BCUT2D eigenvalue weighted by Gasteiger charge is -2.09. The van der Waals surface area contributed by atoms with Gasteiger partial charge in [0, 0.05) is 17.4 Å². The van der Waals surface area contributed by atoms with E-state index in [1.165, 1.54) is 0 Å². The van der Waals surface area contributed by atoms with Crippen molar-refractivity contribution < 1.29 is 5.11 Å². The molecule has 3 nitrogen and oxygen atoms in total. The van der Waals surface area contributed by atoms with Gasteiger partial charge in [-0.05, 0) is 30.7 Å². The lowest BCUT2D eigenvalue weighted by atomic mass is 10.1. The smallest absolute Gasteiger partial charge is 0.0776 e. The van der Waals surface area contributed by atoms with Crippen LogP contribution in [0.1, 0.15) is 18.6 Å². The number of hydrogen-bond acceptors (Lipinski definition) is 2. The normalized spacial score (nSPS) is 12.7. The zero-order valence-electron chi connectivity index (χ0n) is 8.26. The zero-order chi connectivity index (χ0) is 10.8. The fourth-order valence-corrected chi connectivity index (χ4v) is 1.75. The number of aliphatic hydroxyl groups is 1. The SMILES string of the molecule is CC(O)c1ccc(-n2cccn2)cc1Cl. The van der Waals surface area contributed by atoms with Crippen LogP contribution in [-0.4, -0.2) is 14.9 Å². The van der Waals surface area contributed by atoms with Gasteiger partial charge in [-0.2, -0.15) is 5.10 Å². The third-order valence-corrected chi connectivity index (χ3v) is 2.53. The summed E-state index contributed by atoms with van der Waals surface area (Å²) in [5, 5.41) is 14.1. The lowest BCUT2D eigenvalue weighted by Crippen LogP contribution is -1.97. The summed E-state index contributed by atoms with van der Waals surface area (Å²) in [7, 11) is 0. The molecule has 1 aromatic heterocycles. The highest BCUT2D eigenvalue weighted by Gasteiger charge is 2.07. The van der Waals surface area contributed by atoms with E-state index >= 15 is 0 Å². The van der Waals surface area contributed by atoms with Crippen LogP contribution >= 0.6 is 11.6 Å². The predicted octanol–water partition coefficient (Wildman–Crippen LogP) is 2.58. The van der Waals surface area contributed by atoms with E-state index in [4.69, 9.17) is 11.6 Å². The summed E-state index contributed by atoms with van der Waals surface area (Å²) in [5.74, 6) is 0. The van der Waals surface area contributed by atoms with Gasteiger partial charge in [-0.15, -0.1) is 0 Å². The van der Waals surface area contributed by atoms with Gasteiger partial charge < -0.3 is 5.11 Å². The van der Waals surface area contributed by atoms with E-state index in [0.717, 1.165) is 11.3 Å². The standard InChI is InChI=1S/C11H11ClN2O/c1-8(15)10-4-3-9(7-11(10)12)14-6-2-5-13-14/h2-8,15H,1H3. The third kappa shape index (κ3) is 2.03. The van der Waals surface area contributed by atoms with Gasteiger partial charge in [-0.3, -0.25) is 0 Å². The van der Waals surface area contributed by atoms with Crippen LogP contribution in [0, 0.1) is 0 Å². The van der Waals surface area contributed by atoms with E-state index in [1.54, 1.807) is 23.9 Å². The van der Waals surface area contributed by atoms with Crippen LogP contribution in [0.5, 0.6) is 0 Å². The Hall–Kier alpha value is -1.32. The Labute approximate surface area is 92.9 Å². The summed E-state index contributed by atoms with van der Waals surface area (Å²) in [5.41, 5.74) is 1.61. The van der Waals surface area contributed by atoms with E-state index in [-0.39, 0.29) is 0 Å². The van der Waals surface area contributed by atoms with Crippen LogP contribution < -0.4 is 0 Å². The van der Waals surface area contributed by atoms with Crippen molar-refractivity contribution >= 4 is 11.6 Å². The second-order valence-electron chi connectivity index (χ2n) is 3.33. The van der Waals surface area contributed by atoms with Crippen molar-refractivity contribution in [1.29, 1.82) is 0 Å². The molecule has 78 valence electrons. The van der Waals surface area contributed by atoms with Crippen LogP contribution in [0.3, 0.4) is 0 Å². The van der Waals surface area contributed by atoms with E-state index < -0.39 is 6.10 Å². The Morgan fingerprint density at radius 3 is 2.80 bits per heavy atom. The minimum absolute atomic E-state index is 0.552. The Balaban J connectivity index is 2.42. The molecular weight excluding hydrogens is 212 g/mol. The van der Waals surface area contributed by atoms with Gasteiger partial charge in [-0.25, -0.2) is 4.68 Å². The molecule has 0 aliphatic rings. The zero-order valence-corrected chi connectivity index (χ0v) is 9.02. The minimum Gasteiger partial charge on any atom is -0.389 e. The van der Waals surface area contributed by atoms with Crippen LogP contribution in [0.25, 0.3) is 5.69 Å². The fraction of sp³-hybridized carbons (Fsp3) is 0.182. The van der Waals surface area contributed by atoms with Gasteiger partial charge in [0.2, 0.25) is 0 Å². The number of halogens is 1. The van der Waals surface area contributed by atoms with Gasteiger partial charge in [0.15, 0.2) is 0 Å². The maximum Gasteiger partial charge on any atom is 0.0776 e. The second kappa shape index (κ2) is 4.04. The number of nitrogens with zero attached hydrogens (tertiary/aromatic N) is 2. The molecule has 0 fully saturated rings. The van der Waals surface area contributed by atoms with Crippen LogP contribution in [0.2, 0.25) is 5.02 Å². The molecule has 0 spiro atoms. The molecule has 15 heavy (non-hydrogen) atoms. The quantitative estimate of drug-likeness (QED) is 0.848. The van der Waals surface area contributed by atoms with E-state index in [0.29, 0.717) is 5.02 Å². The van der Waals surface area contributed by atoms with Crippen molar-refractivity contribution in [1.82, 2.24) is 9.78 Å². The topological polar surface area (TPSA) is 38.0 Å². The van der Waals surface area contributed by atoms with Crippen LogP contribution in [-0.2, 0) is 0 Å². The summed E-state index contributed by atoms with van der Waals surface area (Å²) in [6, 6.07) is 7.32. The number of hydrogen-bond donors (Lipinski definition) is 1. The van der Waals surface area contributed by atoms with Crippen molar-refractivity contribution in [2.45, 2.75) is 13.0 Å². The van der Waals surface area contributed by atoms with Crippen molar-refractivity contribution in [3.05, 3.63) is 47.2 Å². The summed E-state index contributed by atoms with van der Waals surface area (Å²) in [6.07, 6.45) is 2.99. The first-order valence-electron chi connectivity index (χ1n) is 4.66. The third-order valence-electron chi connectivity index (χ3n) is 2.20. The highest BCUT2D eigenvalue weighted by atomic mass is 35.5. The molecule has 0 radical (unpaired) electrons. The first-order valence-corrected chi connectivity index (χ1v) is 5.04. The second-order valence-corrected chi connectivity index (χ2v) is 3.74. The molecule has 1 heterocycles. The highest BCUT2D eigenvalue weighted by molar-refractivity contribution is 6.31. The van der Waals surface area contributed by atoms with Gasteiger partial charge in [-0.1, -0.05) is 17.7 Å². The number of aliphatic hydroxyl groups excluding tert-OH is 1. The molecule has 0 saturated carbocycles. The van der Waals surface area contributed by atoms with E-state index in [1.807, 2.05) is 24.4 Å². The van der Waals surface area contributed by atoms with Crippen molar-refractivity contribution in [3.63, 3.8) is 0 Å². The Morgan fingerprint density at radius 2 is 2.27 bits per heavy atom. The maximum absolute atomic E-state index is 9.42. The highest BCUT2D eigenvalue weighted by Crippen LogP contribution is 2.24. The lowest BCUT2D eigenvalue weighted by molar-refractivity contribution is 0.199. The number of benzene rings is 1. The fourth-order valence-electron chi connectivity index (χ4n) is 1.42. The molecule has 2 rings (SSSR count). The largest absolute Gasteiger partial charge is 0.389 e. The summed E-state index contributed by atoms with van der Waals surface area (Å²) in [4.78, 5) is 0. The summed E-state index contributed by atoms with van der Waals surface area (Å²) < 4.78 is 1.72. The molecule has 0 amide bonds. The molecule has 0 aliphatic heterocycles. The molecule has 0 bridgehead atoms. The van der Waals surface area contributed by atoms with Crippen molar-refractivity contribution in [2.75, 3.05) is 0 Å². The van der Waals surface area contributed by atoms with Gasteiger partial charge in [0.25, 0.3) is 0 Å². The molecule has 1 atom stereocenters. The van der Waals surface area contributed by atoms with E-state index in [9.17, 15) is 5.11 Å². The first-order chi connectivity index (χ1) is 7.18. The molecule has 1 N–H and O–H groups in total. The average molecular weight is 223 g/mol. The molecular formula is C11H11ClN2O. The minimum atomic E-state index is -0.552. The van der Waals surface area contributed by atoms with Gasteiger partial charge >= 0.3 is 0 Å².